The molecule has 0 aliphatic carbocycles. The molecule has 0 bridgehead atoms. The summed E-state index contributed by atoms with van der Waals surface area (Å²) in [6.45, 7) is 4.17. The molecule has 0 aliphatic rings. The maximum absolute atomic E-state index is 11.5. The Kier molecular flexibility index (Phi) is 5.87. The lowest BCUT2D eigenvalue weighted by Crippen LogP contribution is -2.42. The van der Waals surface area contributed by atoms with Gasteiger partial charge < -0.3 is 16.4 Å². The van der Waals surface area contributed by atoms with Crippen molar-refractivity contribution in [1.29, 1.82) is 0 Å². The predicted octanol–water partition coefficient (Wildman–Crippen LogP) is -0.552. The van der Waals surface area contributed by atoms with Crippen molar-refractivity contribution in [3.63, 3.8) is 0 Å². The molecule has 0 saturated heterocycles. The molecule has 0 atom stereocenters. The van der Waals surface area contributed by atoms with Crippen LogP contribution in [-0.2, 0) is 9.59 Å². The molecule has 0 unspecified atom stereocenters. The number of nitrogens with two attached hydrogens (primary N) is 2. The Balaban J connectivity index is 4.19. The second-order valence-electron chi connectivity index (χ2n) is 3.47. The standard InChI is InChI=1S/C9H19N3O2/c1-7(2)12(6-8(11)13)9(14)4-3-5-10/h7H,3-6,10H2,1-2H3,(H2,11,13). The lowest BCUT2D eigenvalue weighted by molar-refractivity contribution is -0.136. The van der Waals surface area contributed by atoms with Crippen molar-refractivity contribution in [3.8, 4) is 0 Å². The van der Waals surface area contributed by atoms with E-state index in [0.717, 1.165) is 0 Å². The van der Waals surface area contributed by atoms with Gasteiger partial charge in [-0.1, -0.05) is 0 Å². The van der Waals surface area contributed by atoms with Gasteiger partial charge in [0, 0.05) is 12.5 Å². The quantitative estimate of drug-likeness (QED) is 0.604. The average molecular weight is 201 g/mol. The van der Waals surface area contributed by atoms with Crippen LogP contribution in [0.15, 0.2) is 0 Å². The predicted molar refractivity (Wildman–Crippen MR) is 54.3 cm³/mol. The molecule has 0 fully saturated rings. The molecule has 0 aromatic heterocycles. The number of nitrogens with zero attached hydrogens (tertiary/aromatic N) is 1. The van der Waals surface area contributed by atoms with E-state index < -0.39 is 5.91 Å². The van der Waals surface area contributed by atoms with E-state index in [2.05, 4.69) is 0 Å². The highest BCUT2D eigenvalue weighted by Crippen LogP contribution is 2.02. The first kappa shape index (κ1) is 12.9. The van der Waals surface area contributed by atoms with Crippen molar-refractivity contribution in [2.45, 2.75) is 32.7 Å². The lowest BCUT2D eigenvalue weighted by atomic mass is 10.2. The summed E-state index contributed by atoms with van der Waals surface area (Å²) in [7, 11) is 0. The Morgan fingerprint density at radius 3 is 2.29 bits per heavy atom. The van der Waals surface area contributed by atoms with Gasteiger partial charge in [0.1, 0.15) is 0 Å². The molecule has 0 saturated carbocycles. The van der Waals surface area contributed by atoms with E-state index >= 15 is 0 Å². The topological polar surface area (TPSA) is 89.4 Å². The van der Waals surface area contributed by atoms with Crippen molar-refractivity contribution >= 4 is 11.8 Å². The van der Waals surface area contributed by atoms with Crippen LogP contribution in [-0.4, -0.2) is 35.8 Å². The Bertz CT molecular complexity index is 204. The van der Waals surface area contributed by atoms with Gasteiger partial charge in [0.15, 0.2) is 0 Å². The van der Waals surface area contributed by atoms with E-state index in [-0.39, 0.29) is 18.5 Å². The fourth-order valence-corrected chi connectivity index (χ4v) is 1.12. The third-order valence-corrected chi connectivity index (χ3v) is 1.86. The maximum Gasteiger partial charge on any atom is 0.237 e. The highest BCUT2D eigenvalue weighted by Gasteiger charge is 2.17. The van der Waals surface area contributed by atoms with Gasteiger partial charge in [0.05, 0.1) is 6.54 Å². The monoisotopic (exact) mass is 201 g/mol. The molecule has 0 aromatic carbocycles. The Morgan fingerprint density at radius 1 is 1.36 bits per heavy atom. The van der Waals surface area contributed by atoms with Crippen LogP contribution in [0.3, 0.4) is 0 Å². The summed E-state index contributed by atoms with van der Waals surface area (Å²) in [4.78, 5) is 23.7. The maximum atomic E-state index is 11.5. The molecule has 0 spiro atoms. The molecule has 0 heterocycles. The largest absolute Gasteiger partial charge is 0.368 e. The van der Waals surface area contributed by atoms with Crippen molar-refractivity contribution in [1.82, 2.24) is 4.90 Å². The van der Waals surface area contributed by atoms with Gasteiger partial charge in [-0.05, 0) is 26.8 Å². The van der Waals surface area contributed by atoms with E-state index in [1.807, 2.05) is 13.8 Å². The number of carbonyl (C=O) groups is 2. The van der Waals surface area contributed by atoms with Crippen molar-refractivity contribution in [2.75, 3.05) is 13.1 Å². The number of carbonyl (C=O) groups excluding carboxylic acids is 2. The molecule has 14 heavy (non-hydrogen) atoms. The molecular formula is C9H19N3O2. The highest BCUT2D eigenvalue weighted by molar-refractivity contribution is 5.84. The summed E-state index contributed by atoms with van der Waals surface area (Å²) in [5, 5.41) is 0. The first-order valence-corrected chi connectivity index (χ1v) is 4.77. The van der Waals surface area contributed by atoms with Crippen LogP contribution < -0.4 is 11.5 Å². The van der Waals surface area contributed by atoms with E-state index in [9.17, 15) is 9.59 Å². The number of rotatable bonds is 6. The third-order valence-electron chi connectivity index (χ3n) is 1.86. The summed E-state index contributed by atoms with van der Waals surface area (Å²) in [5.74, 6) is -0.552. The van der Waals surface area contributed by atoms with Gasteiger partial charge in [-0.25, -0.2) is 0 Å². The smallest absolute Gasteiger partial charge is 0.237 e. The molecule has 0 aliphatic heterocycles. The normalized spacial score (nSPS) is 10.3. The SMILES string of the molecule is CC(C)N(CC(N)=O)C(=O)CCCN. The molecule has 5 nitrogen and oxygen atoms in total. The van der Waals surface area contributed by atoms with E-state index in [1.165, 1.54) is 4.90 Å². The zero-order chi connectivity index (χ0) is 11.1. The average Bonchev–Trinajstić information content (AvgIpc) is 2.09. The van der Waals surface area contributed by atoms with Gasteiger partial charge in [0.2, 0.25) is 11.8 Å². The van der Waals surface area contributed by atoms with Gasteiger partial charge in [0.25, 0.3) is 0 Å². The fraction of sp³-hybridized carbons (Fsp3) is 0.778. The van der Waals surface area contributed by atoms with E-state index in [4.69, 9.17) is 11.5 Å². The van der Waals surface area contributed by atoms with Crippen molar-refractivity contribution in [3.05, 3.63) is 0 Å². The fourth-order valence-electron chi connectivity index (χ4n) is 1.12. The van der Waals surface area contributed by atoms with Gasteiger partial charge in [-0.15, -0.1) is 0 Å². The molecule has 82 valence electrons. The number of hydrogen-bond acceptors (Lipinski definition) is 3. The highest BCUT2D eigenvalue weighted by atomic mass is 16.2. The van der Waals surface area contributed by atoms with Gasteiger partial charge in [-0.3, -0.25) is 9.59 Å². The Hall–Kier alpha value is -1.10. The first-order chi connectivity index (χ1) is 6.49. The molecule has 0 rings (SSSR count). The molecular weight excluding hydrogens is 182 g/mol. The Labute approximate surface area is 84.4 Å². The minimum atomic E-state index is -0.486. The molecule has 0 aromatic rings. The number of primary amides is 1. The number of amides is 2. The van der Waals surface area contributed by atoms with Gasteiger partial charge >= 0.3 is 0 Å². The second kappa shape index (κ2) is 6.37. The van der Waals surface area contributed by atoms with Crippen molar-refractivity contribution < 1.29 is 9.59 Å². The minimum absolute atomic E-state index is 0.00669. The summed E-state index contributed by atoms with van der Waals surface area (Å²) < 4.78 is 0. The first-order valence-electron chi connectivity index (χ1n) is 4.77. The summed E-state index contributed by atoms with van der Waals surface area (Å²) in [6.07, 6.45) is 1.02. The second-order valence-corrected chi connectivity index (χ2v) is 3.47. The Morgan fingerprint density at radius 2 is 1.93 bits per heavy atom. The minimum Gasteiger partial charge on any atom is -0.368 e. The van der Waals surface area contributed by atoms with Crippen LogP contribution in [0.5, 0.6) is 0 Å². The summed E-state index contributed by atoms with van der Waals surface area (Å²) in [5.41, 5.74) is 10.3. The van der Waals surface area contributed by atoms with E-state index in [0.29, 0.717) is 19.4 Å². The summed E-state index contributed by atoms with van der Waals surface area (Å²) >= 11 is 0. The van der Waals surface area contributed by atoms with Crippen LogP contribution in [0.2, 0.25) is 0 Å². The molecule has 5 heteroatoms. The molecule has 4 N–H and O–H groups in total. The lowest BCUT2D eigenvalue weighted by Gasteiger charge is -2.25. The molecule has 2 amide bonds. The zero-order valence-corrected chi connectivity index (χ0v) is 8.82. The van der Waals surface area contributed by atoms with Crippen LogP contribution >= 0.6 is 0 Å². The zero-order valence-electron chi connectivity index (χ0n) is 8.82. The number of hydrogen-bond donors (Lipinski definition) is 2. The molecule has 0 radical (unpaired) electrons. The third kappa shape index (κ3) is 4.81. The van der Waals surface area contributed by atoms with Crippen LogP contribution in [0.1, 0.15) is 26.7 Å². The van der Waals surface area contributed by atoms with Crippen LogP contribution in [0, 0.1) is 0 Å². The van der Waals surface area contributed by atoms with Gasteiger partial charge in [-0.2, -0.15) is 0 Å². The van der Waals surface area contributed by atoms with Crippen molar-refractivity contribution in [2.24, 2.45) is 11.5 Å². The van der Waals surface area contributed by atoms with Crippen LogP contribution in [0.4, 0.5) is 0 Å². The van der Waals surface area contributed by atoms with Crippen LogP contribution in [0.25, 0.3) is 0 Å². The summed E-state index contributed by atoms with van der Waals surface area (Å²) in [6, 6.07) is -0.00669. The van der Waals surface area contributed by atoms with E-state index in [1.54, 1.807) is 0 Å².